The molecule has 0 saturated carbocycles. The van der Waals surface area contributed by atoms with Crippen molar-refractivity contribution < 1.29 is 14.1 Å². The van der Waals surface area contributed by atoms with E-state index in [1.807, 2.05) is 0 Å². The molecular formula is C5H8NO3P. The van der Waals surface area contributed by atoms with Gasteiger partial charge in [-0.15, -0.1) is 0 Å². The van der Waals surface area contributed by atoms with Gasteiger partial charge in [0.2, 0.25) is 0 Å². The molecule has 2 N–H and O–H groups in total. The Labute approximate surface area is 59.9 Å². The molecule has 10 heavy (non-hydrogen) atoms. The van der Waals surface area contributed by atoms with Gasteiger partial charge in [-0.05, 0) is 0 Å². The van der Waals surface area contributed by atoms with Crippen molar-refractivity contribution in [2.45, 2.75) is 13.0 Å². The van der Waals surface area contributed by atoms with E-state index in [-0.39, 0.29) is 14.5 Å². The monoisotopic (exact) mass is 161 g/mol. The van der Waals surface area contributed by atoms with Crippen LogP contribution in [0.25, 0.3) is 0 Å². The first kappa shape index (κ1) is 9.44. The average molecular weight is 161 g/mol. The molecule has 0 aromatic rings. The second-order valence-electron chi connectivity index (χ2n) is 1.45. The Hall–Kier alpha value is -0.560. The van der Waals surface area contributed by atoms with Crippen LogP contribution in [-0.2, 0) is 14.1 Å². The van der Waals surface area contributed by atoms with Crippen LogP contribution >= 0.6 is 7.92 Å². The molecule has 0 unspecified atom stereocenters. The second kappa shape index (κ2) is 5.24. The molecule has 0 aliphatic carbocycles. The van der Waals surface area contributed by atoms with Crippen molar-refractivity contribution in [3.63, 3.8) is 0 Å². The number of carbonyl (C=O) groups is 1. The molecule has 0 saturated heterocycles. The van der Waals surface area contributed by atoms with Gasteiger partial charge in [0, 0.05) is 0 Å². The normalized spacial score (nSPS) is 11.4. The van der Waals surface area contributed by atoms with Gasteiger partial charge >= 0.3 is 58.9 Å². The van der Waals surface area contributed by atoms with Crippen molar-refractivity contribution in [2.24, 2.45) is 5.73 Å². The Morgan fingerprint density at radius 3 is 2.90 bits per heavy atom. The van der Waals surface area contributed by atoms with E-state index in [9.17, 15) is 9.36 Å². The third kappa shape index (κ3) is 3.46. The molecule has 0 aliphatic rings. The van der Waals surface area contributed by atoms with Crippen LogP contribution in [-0.4, -0.2) is 18.6 Å². The van der Waals surface area contributed by atoms with Crippen LogP contribution in [0.5, 0.6) is 0 Å². The van der Waals surface area contributed by atoms with E-state index in [0.29, 0.717) is 0 Å². The van der Waals surface area contributed by atoms with Crippen molar-refractivity contribution in [1.82, 2.24) is 0 Å². The van der Waals surface area contributed by atoms with Crippen LogP contribution in [0.1, 0.15) is 6.92 Å². The summed E-state index contributed by atoms with van der Waals surface area (Å²) in [6.07, 6.45) is 0. The van der Waals surface area contributed by atoms with Crippen molar-refractivity contribution in [3.8, 4) is 5.63 Å². The summed E-state index contributed by atoms with van der Waals surface area (Å²) < 4.78 is 14.3. The maximum atomic E-state index is 10.6. The van der Waals surface area contributed by atoms with Gasteiger partial charge in [0.1, 0.15) is 0 Å². The van der Waals surface area contributed by atoms with Crippen LogP contribution in [0.15, 0.2) is 0 Å². The number of ether oxygens (including phenoxy) is 1. The zero-order chi connectivity index (χ0) is 7.98. The van der Waals surface area contributed by atoms with Gasteiger partial charge in [0.05, 0.1) is 0 Å². The molecule has 0 aromatic carbocycles. The zero-order valence-electron chi connectivity index (χ0n) is 5.53. The first-order valence-electron chi connectivity index (χ1n) is 2.72. The predicted molar refractivity (Wildman–Crippen MR) is 36.1 cm³/mol. The molecule has 0 bridgehead atoms. The van der Waals surface area contributed by atoms with Crippen molar-refractivity contribution >= 4 is 13.9 Å². The average Bonchev–Trinajstić information content (AvgIpc) is 1.89. The Morgan fingerprint density at radius 1 is 1.90 bits per heavy atom. The quantitative estimate of drug-likeness (QED) is 0.461. The summed E-state index contributed by atoms with van der Waals surface area (Å²) in [6.45, 7) is 1.93. The van der Waals surface area contributed by atoms with Gasteiger partial charge in [0.15, 0.2) is 0 Å². The first-order valence-corrected chi connectivity index (χ1v) is 3.53. The molecule has 0 amide bonds. The summed E-state index contributed by atoms with van der Waals surface area (Å²) in [5.74, 6) is -0.606. The van der Waals surface area contributed by atoms with E-state index in [0.717, 1.165) is 0 Å². The summed E-state index contributed by atoms with van der Waals surface area (Å²) >= 11 is 0. The number of esters is 1. The standard InChI is InChI=1S/C5H8NO3P/c1-2-9-5(7)4(6)3-10-8/h4H,2,6H2,1H3/t4-/m0/s1. The Balaban J connectivity index is 3.90. The fourth-order valence-corrected chi connectivity index (χ4v) is 0.560. The summed E-state index contributed by atoms with van der Waals surface area (Å²) in [4.78, 5) is 10.6. The van der Waals surface area contributed by atoms with E-state index in [1.165, 1.54) is 0 Å². The van der Waals surface area contributed by atoms with Crippen LogP contribution < -0.4 is 5.73 Å². The molecule has 4 nitrogen and oxygen atoms in total. The number of hydrogen-bond acceptors (Lipinski definition) is 4. The van der Waals surface area contributed by atoms with Crippen LogP contribution in [0.3, 0.4) is 0 Å². The van der Waals surface area contributed by atoms with Crippen LogP contribution in [0, 0.1) is 5.63 Å². The van der Waals surface area contributed by atoms with Crippen molar-refractivity contribution in [2.75, 3.05) is 6.61 Å². The predicted octanol–water partition coefficient (Wildman–Crippen LogP) is 0.128. The first-order chi connectivity index (χ1) is 4.72. The molecule has 0 heterocycles. The maximum absolute atomic E-state index is 10.6. The molecule has 0 aliphatic heterocycles. The summed E-state index contributed by atoms with van der Waals surface area (Å²) in [5.41, 5.74) is 7.27. The van der Waals surface area contributed by atoms with E-state index >= 15 is 0 Å². The van der Waals surface area contributed by atoms with Gasteiger partial charge < -0.3 is 0 Å². The summed E-state index contributed by atoms with van der Waals surface area (Å²) in [7, 11) is -0.376. The second-order valence-corrected chi connectivity index (χ2v) is 1.89. The molecule has 0 rings (SSSR count). The van der Waals surface area contributed by atoms with Crippen molar-refractivity contribution in [3.05, 3.63) is 0 Å². The Kier molecular flexibility index (Phi) is 4.95. The molecule has 0 radical (unpaired) electrons. The number of nitrogens with two attached hydrogens (primary N) is 1. The van der Waals surface area contributed by atoms with E-state index in [1.54, 1.807) is 6.92 Å². The van der Waals surface area contributed by atoms with Crippen LogP contribution in [0.4, 0.5) is 0 Å². The fraction of sp³-hybridized carbons (Fsp3) is 0.600. The minimum atomic E-state index is -1.00. The molecule has 56 valence electrons. The van der Waals surface area contributed by atoms with E-state index in [4.69, 9.17) is 5.73 Å². The van der Waals surface area contributed by atoms with Gasteiger partial charge in [-0.1, -0.05) is 0 Å². The summed E-state index contributed by atoms with van der Waals surface area (Å²) in [6, 6.07) is -1.00. The molecule has 5 heteroatoms. The Morgan fingerprint density at radius 2 is 2.50 bits per heavy atom. The van der Waals surface area contributed by atoms with Gasteiger partial charge in [-0.3, -0.25) is 0 Å². The molecule has 1 atom stereocenters. The summed E-state index contributed by atoms with van der Waals surface area (Å²) in [5, 5.41) is 0. The molecule has 0 spiro atoms. The fourth-order valence-electron chi connectivity index (χ4n) is 0.342. The Bertz CT molecular complexity index is 208. The number of rotatable bonds is 2. The third-order valence-electron chi connectivity index (χ3n) is 0.732. The SMILES string of the molecule is CCOC(=O)[C@@H](N)C#P=O. The number of carbonyl (C=O) groups excluding carboxylic acids is 1. The number of hydrogen-bond donors (Lipinski definition) is 1. The van der Waals surface area contributed by atoms with Gasteiger partial charge in [-0.2, -0.15) is 0 Å². The van der Waals surface area contributed by atoms with Gasteiger partial charge in [-0.25, -0.2) is 0 Å². The zero-order valence-corrected chi connectivity index (χ0v) is 6.43. The van der Waals surface area contributed by atoms with Crippen molar-refractivity contribution in [1.29, 1.82) is 0 Å². The van der Waals surface area contributed by atoms with Gasteiger partial charge in [0.25, 0.3) is 0 Å². The third-order valence-corrected chi connectivity index (χ3v) is 1.12. The minimum absolute atomic E-state index is 0.268. The van der Waals surface area contributed by atoms with E-state index < -0.39 is 12.0 Å². The topological polar surface area (TPSA) is 69.4 Å². The van der Waals surface area contributed by atoms with Crippen LogP contribution in [0.2, 0.25) is 0 Å². The van der Waals surface area contributed by atoms with E-state index in [2.05, 4.69) is 10.4 Å². The molecule has 0 aromatic heterocycles. The molecular weight excluding hydrogens is 153 g/mol. The molecule has 0 fully saturated rings.